The lowest BCUT2D eigenvalue weighted by Crippen LogP contribution is -2.60. The number of hydrogen-bond acceptors (Lipinski definition) is 7. The van der Waals surface area contributed by atoms with E-state index in [9.17, 15) is 5.11 Å². The SMILES string of the molecule is COCC[C@@H](C)[C@H]1C[C@H](O)[C@@]2(C)C3CC[C@H]4C(C)(C)[C@@H](O[C@H]5CN(CC6CN(CCOC)C6)CCO5)CC[C@@]45CC35CC[C@]12C. The maximum absolute atomic E-state index is 12.0. The quantitative estimate of drug-likeness (QED) is 0.315. The van der Waals surface area contributed by atoms with E-state index in [1.807, 2.05) is 7.11 Å². The van der Waals surface area contributed by atoms with Gasteiger partial charge in [-0.15, -0.1) is 0 Å². The number of hydrogen-bond donors (Lipinski definition) is 1. The summed E-state index contributed by atoms with van der Waals surface area (Å²) in [6.07, 6.45) is 11.1. The van der Waals surface area contributed by atoms with Crippen LogP contribution in [0.2, 0.25) is 0 Å². The third kappa shape index (κ3) is 4.97. The van der Waals surface area contributed by atoms with Gasteiger partial charge in [-0.25, -0.2) is 0 Å². The number of likely N-dealkylation sites (tertiary alicyclic amines) is 1. The maximum atomic E-state index is 12.0. The Bertz CT molecular complexity index is 1070. The largest absolute Gasteiger partial charge is 0.393 e. The van der Waals surface area contributed by atoms with Gasteiger partial charge in [-0.3, -0.25) is 4.90 Å². The molecule has 2 unspecified atom stereocenters. The molecular weight excluding hydrogens is 564 g/mol. The standard InChI is InChI=1S/C38H66N2O5/c1-26(11-17-42-6)28-20-31(41)36(5)30-9-8-29-34(2,3)32(10-12-37(29)25-38(30,37)14-13-35(28,36)4)45-33-24-40(16-19-44-33)23-27-21-39(22-27)15-18-43-7/h26-33,41H,8-25H2,1-7H3/t26-,28-,29+,30?,31+,32+,33+,35-,36-,37-,38?/m1/s1. The van der Waals surface area contributed by atoms with Crippen LogP contribution in [-0.4, -0.2) is 107 Å². The van der Waals surface area contributed by atoms with Crippen LogP contribution in [0, 0.1) is 56.7 Å². The predicted molar refractivity (Wildman–Crippen MR) is 177 cm³/mol. The first-order valence-electron chi connectivity index (χ1n) is 18.8. The van der Waals surface area contributed by atoms with E-state index in [1.54, 1.807) is 7.11 Å². The van der Waals surface area contributed by atoms with Gasteiger partial charge in [0.15, 0.2) is 6.29 Å². The molecular formula is C38H66N2O5. The molecule has 0 aromatic rings. The summed E-state index contributed by atoms with van der Waals surface area (Å²) < 4.78 is 24.0. The molecule has 45 heavy (non-hydrogen) atoms. The van der Waals surface area contributed by atoms with Crippen LogP contribution in [0.15, 0.2) is 0 Å². The Balaban J connectivity index is 1.00. The molecule has 5 aliphatic carbocycles. The average Bonchev–Trinajstić information content (AvgIpc) is 3.61. The van der Waals surface area contributed by atoms with E-state index in [4.69, 9.17) is 18.9 Å². The molecule has 1 N–H and O–H groups in total. The molecule has 7 aliphatic rings. The van der Waals surface area contributed by atoms with Gasteiger partial charge >= 0.3 is 0 Å². The summed E-state index contributed by atoms with van der Waals surface area (Å²) in [5.41, 5.74) is 1.25. The molecule has 7 nitrogen and oxygen atoms in total. The highest BCUT2D eigenvalue weighted by Gasteiger charge is 2.83. The number of ether oxygens (including phenoxy) is 4. The van der Waals surface area contributed by atoms with Gasteiger partial charge in [-0.05, 0) is 109 Å². The van der Waals surface area contributed by atoms with Crippen LogP contribution < -0.4 is 0 Å². The first-order valence-corrected chi connectivity index (χ1v) is 18.8. The number of nitrogens with zero attached hydrogens (tertiary/aromatic N) is 2. The van der Waals surface area contributed by atoms with E-state index < -0.39 is 0 Å². The van der Waals surface area contributed by atoms with Crippen LogP contribution in [0.3, 0.4) is 0 Å². The number of fused-ring (bicyclic) bond motifs is 2. The maximum Gasteiger partial charge on any atom is 0.170 e. The lowest BCUT2D eigenvalue weighted by Gasteiger charge is -2.64. The zero-order valence-corrected chi connectivity index (χ0v) is 29.8. The molecule has 2 saturated heterocycles. The average molecular weight is 631 g/mol. The van der Waals surface area contributed by atoms with Gasteiger partial charge in [0.2, 0.25) is 0 Å². The molecule has 0 radical (unpaired) electrons. The van der Waals surface area contributed by atoms with Crippen LogP contribution in [0.5, 0.6) is 0 Å². The highest BCUT2D eigenvalue weighted by Crippen LogP contribution is 2.89. The van der Waals surface area contributed by atoms with E-state index >= 15 is 0 Å². The monoisotopic (exact) mass is 630 g/mol. The van der Waals surface area contributed by atoms with E-state index in [0.29, 0.717) is 34.5 Å². The molecule has 0 aromatic heterocycles. The fourth-order valence-electron chi connectivity index (χ4n) is 13.7. The fraction of sp³-hybridized carbons (Fsp3) is 1.00. The minimum absolute atomic E-state index is 0.0177. The molecule has 5 saturated carbocycles. The Morgan fingerprint density at radius 3 is 2.38 bits per heavy atom. The van der Waals surface area contributed by atoms with Crippen molar-refractivity contribution in [3.8, 4) is 0 Å². The van der Waals surface area contributed by atoms with Crippen LogP contribution in [0.4, 0.5) is 0 Å². The highest BCUT2D eigenvalue weighted by molar-refractivity contribution is 5.31. The third-order valence-electron chi connectivity index (χ3n) is 16.2. The van der Waals surface area contributed by atoms with Crippen molar-refractivity contribution in [2.75, 3.05) is 73.3 Å². The summed E-state index contributed by atoms with van der Waals surface area (Å²) in [5, 5.41) is 12.0. The smallest absolute Gasteiger partial charge is 0.170 e. The van der Waals surface area contributed by atoms with E-state index in [-0.39, 0.29) is 34.7 Å². The number of aliphatic hydroxyl groups excluding tert-OH is 1. The second-order valence-corrected chi connectivity index (χ2v) is 18.2. The lowest BCUT2D eigenvalue weighted by atomic mass is 9.41. The molecule has 0 bridgehead atoms. The zero-order valence-electron chi connectivity index (χ0n) is 29.8. The van der Waals surface area contributed by atoms with Crippen molar-refractivity contribution in [3.63, 3.8) is 0 Å². The Morgan fingerprint density at radius 2 is 1.62 bits per heavy atom. The van der Waals surface area contributed by atoms with Crippen LogP contribution in [0.25, 0.3) is 0 Å². The van der Waals surface area contributed by atoms with Crippen LogP contribution in [-0.2, 0) is 18.9 Å². The normalized spacial score (nSPS) is 48.5. The lowest BCUT2D eigenvalue weighted by molar-refractivity contribution is -0.249. The fourth-order valence-corrected chi connectivity index (χ4v) is 13.7. The van der Waals surface area contributed by atoms with E-state index in [0.717, 1.165) is 71.2 Å². The molecule has 0 amide bonds. The number of aliphatic hydroxyl groups is 1. The van der Waals surface area contributed by atoms with E-state index in [2.05, 4.69) is 44.4 Å². The van der Waals surface area contributed by atoms with Gasteiger partial charge in [0.25, 0.3) is 0 Å². The van der Waals surface area contributed by atoms with Crippen molar-refractivity contribution in [2.45, 2.75) is 111 Å². The first-order chi connectivity index (χ1) is 21.4. The summed E-state index contributed by atoms with van der Waals surface area (Å²) in [6.45, 7) is 21.6. The Labute approximate surface area is 274 Å². The molecule has 7 fully saturated rings. The van der Waals surface area contributed by atoms with Crippen molar-refractivity contribution in [1.29, 1.82) is 0 Å². The van der Waals surface area contributed by atoms with Gasteiger partial charge in [-0.2, -0.15) is 0 Å². The van der Waals surface area contributed by atoms with Crippen molar-refractivity contribution >= 4 is 0 Å². The summed E-state index contributed by atoms with van der Waals surface area (Å²) >= 11 is 0. The third-order valence-corrected chi connectivity index (χ3v) is 16.2. The molecule has 2 heterocycles. The van der Waals surface area contributed by atoms with Gasteiger partial charge in [-0.1, -0.05) is 34.6 Å². The summed E-state index contributed by atoms with van der Waals surface area (Å²) in [6, 6.07) is 0. The molecule has 11 atom stereocenters. The Morgan fingerprint density at radius 1 is 0.889 bits per heavy atom. The topological polar surface area (TPSA) is 63.6 Å². The molecule has 7 heteroatoms. The number of rotatable bonds is 11. The van der Waals surface area contributed by atoms with Gasteiger partial charge in [0.1, 0.15) is 0 Å². The van der Waals surface area contributed by atoms with Crippen molar-refractivity contribution < 1.29 is 24.1 Å². The molecule has 2 aliphatic heterocycles. The van der Waals surface area contributed by atoms with Crippen LogP contribution in [0.1, 0.15) is 92.4 Å². The van der Waals surface area contributed by atoms with Gasteiger partial charge in [0, 0.05) is 65.5 Å². The molecule has 0 aromatic carbocycles. The summed E-state index contributed by atoms with van der Waals surface area (Å²) in [5.74, 6) is 3.30. The van der Waals surface area contributed by atoms with Crippen molar-refractivity contribution in [3.05, 3.63) is 0 Å². The number of methoxy groups -OCH3 is 2. The minimum Gasteiger partial charge on any atom is -0.393 e. The molecule has 7 rings (SSSR count). The first kappa shape index (κ1) is 33.2. The van der Waals surface area contributed by atoms with E-state index in [1.165, 1.54) is 51.6 Å². The second-order valence-electron chi connectivity index (χ2n) is 18.2. The summed E-state index contributed by atoms with van der Waals surface area (Å²) in [7, 11) is 3.61. The highest BCUT2D eigenvalue weighted by atomic mass is 16.7. The molecule has 258 valence electrons. The number of morpholine rings is 1. The second kappa shape index (κ2) is 11.9. The summed E-state index contributed by atoms with van der Waals surface area (Å²) in [4.78, 5) is 5.10. The van der Waals surface area contributed by atoms with Crippen molar-refractivity contribution in [2.24, 2.45) is 56.7 Å². The zero-order chi connectivity index (χ0) is 31.8. The molecule has 2 spiro atoms. The van der Waals surface area contributed by atoms with Gasteiger partial charge < -0.3 is 29.0 Å². The van der Waals surface area contributed by atoms with Crippen molar-refractivity contribution in [1.82, 2.24) is 9.80 Å². The Hall–Kier alpha value is -0.280. The van der Waals surface area contributed by atoms with Crippen LogP contribution >= 0.6 is 0 Å². The minimum atomic E-state index is -0.179. The van der Waals surface area contributed by atoms with Gasteiger partial charge in [0.05, 0.1) is 25.4 Å². The Kier molecular flexibility index (Phi) is 8.82. The predicted octanol–water partition coefficient (Wildman–Crippen LogP) is 5.69.